The predicted molar refractivity (Wildman–Crippen MR) is 116 cm³/mol. The molecule has 4 nitrogen and oxygen atoms in total. The first kappa shape index (κ1) is 21.0. The Morgan fingerprint density at radius 1 is 1.07 bits per heavy atom. The lowest BCUT2D eigenvalue weighted by Gasteiger charge is -2.18. The van der Waals surface area contributed by atoms with Crippen molar-refractivity contribution in [1.82, 2.24) is 9.55 Å². The molecule has 28 heavy (non-hydrogen) atoms. The molecule has 1 atom stereocenters. The maximum absolute atomic E-state index is 6.40. The van der Waals surface area contributed by atoms with E-state index in [0.717, 1.165) is 11.1 Å². The van der Waals surface area contributed by atoms with E-state index >= 15 is 0 Å². The van der Waals surface area contributed by atoms with Crippen LogP contribution in [0.1, 0.15) is 30.6 Å². The van der Waals surface area contributed by atoms with Crippen LogP contribution in [0.25, 0.3) is 0 Å². The van der Waals surface area contributed by atoms with Crippen LogP contribution in [-0.4, -0.2) is 15.3 Å². The second-order valence-corrected chi connectivity index (χ2v) is 7.72. The summed E-state index contributed by atoms with van der Waals surface area (Å²) in [5, 5.41) is 6.54. The molecule has 0 saturated carbocycles. The zero-order valence-electron chi connectivity index (χ0n) is 14.9. The van der Waals surface area contributed by atoms with Crippen LogP contribution in [0.15, 0.2) is 60.3 Å². The number of hydrogen-bond acceptors (Lipinski definition) is 3. The van der Waals surface area contributed by atoms with Crippen LogP contribution < -0.4 is 0 Å². The molecule has 0 aliphatic carbocycles. The molecule has 0 saturated heterocycles. The standard InChI is InChI=1S/C20H17Cl4N3O/c1-2-19(15-5-3-13(21)9-17(15)23)26-28-20(11-27-8-7-25-12-27)16-6-4-14(22)10-18(16)24/h3-10,12,20H,2,11H2,1H3/b26-19+. The average molecular weight is 457 g/mol. The zero-order valence-corrected chi connectivity index (χ0v) is 18.0. The van der Waals surface area contributed by atoms with E-state index in [-0.39, 0.29) is 0 Å². The Hall–Kier alpha value is -1.72. The molecular weight excluding hydrogens is 440 g/mol. The Morgan fingerprint density at radius 3 is 2.39 bits per heavy atom. The minimum Gasteiger partial charge on any atom is -0.385 e. The first-order valence-electron chi connectivity index (χ1n) is 8.56. The highest BCUT2D eigenvalue weighted by atomic mass is 35.5. The minimum atomic E-state index is -0.438. The molecule has 146 valence electrons. The highest BCUT2D eigenvalue weighted by Gasteiger charge is 2.19. The first-order valence-corrected chi connectivity index (χ1v) is 10.1. The number of aromatic nitrogens is 2. The number of hydrogen-bond donors (Lipinski definition) is 0. The first-order chi connectivity index (χ1) is 13.5. The van der Waals surface area contributed by atoms with Crippen molar-refractivity contribution in [2.24, 2.45) is 5.16 Å². The molecule has 1 aromatic heterocycles. The summed E-state index contributed by atoms with van der Waals surface area (Å²) in [4.78, 5) is 10.0. The van der Waals surface area contributed by atoms with E-state index in [1.165, 1.54) is 0 Å². The quantitative estimate of drug-likeness (QED) is 0.281. The van der Waals surface area contributed by atoms with E-state index in [2.05, 4.69) is 10.1 Å². The Kier molecular flexibility index (Phi) is 7.24. The number of oxime groups is 1. The zero-order chi connectivity index (χ0) is 20.1. The van der Waals surface area contributed by atoms with Crippen molar-refractivity contribution in [2.75, 3.05) is 0 Å². The molecule has 0 aliphatic heterocycles. The number of rotatable bonds is 7. The van der Waals surface area contributed by atoms with Crippen LogP contribution in [0.2, 0.25) is 20.1 Å². The third-order valence-electron chi connectivity index (χ3n) is 4.11. The fraction of sp³-hybridized carbons (Fsp3) is 0.200. The van der Waals surface area contributed by atoms with E-state index in [1.54, 1.807) is 36.8 Å². The van der Waals surface area contributed by atoms with Crippen molar-refractivity contribution < 1.29 is 4.84 Å². The monoisotopic (exact) mass is 455 g/mol. The molecule has 2 aromatic carbocycles. The molecular formula is C20H17Cl4N3O. The van der Waals surface area contributed by atoms with Gasteiger partial charge in [0.1, 0.15) is 0 Å². The Labute approximate surface area is 183 Å². The molecule has 0 N–H and O–H groups in total. The molecule has 3 rings (SSSR count). The Bertz CT molecular complexity index is 974. The van der Waals surface area contributed by atoms with Gasteiger partial charge in [0.2, 0.25) is 0 Å². The van der Waals surface area contributed by atoms with Gasteiger partial charge in [0, 0.05) is 38.6 Å². The van der Waals surface area contributed by atoms with Gasteiger partial charge >= 0.3 is 0 Å². The van der Waals surface area contributed by atoms with Gasteiger partial charge in [-0.15, -0.1) is 0 Å². The summed E-state index contributed by atoms with van der Waals surface area (Å²) < 4.78 is 1.89. The van der Waals surface area contributed by atoms with Crippen LogP contribution in [0.3, 0.4) is 0 Å². The number of halogens is 4. The van der Waals surface area contributed by atoms with Crippen molar-refractivity contribution in [1.29, 1.82) is 0 Å². The molecule has 0 spiro atoms. The summed E-state index contributed by atoms with van der Waals surface area (Å²) in [6, 6.07) is 10.6. The van der Waals surface area contributed by atoms with Gasteiger partial charge in [0.15, 0.2) is 6.10 Å². The SMILES string of the molecule is CC/C(=N\OC(Cn1ccnc1)c1ccc(Cl)cc1Cl)c1ccc(Cl)cc1Cl. The predicted octanol–water partition coefficient (Wildman–Crippen LogP) is 7.07. The van der Waals surface area contributed by atoms with Gasteiger partial charge in [-0.25, -0.2) is 4.98 Å². The van der Waals surface area contributed by atoms with Crippen molar-refractivity contribution in [3.63, 3.8) is 0 Å². The van der Waals surface area contributed by atoms with Crippen LogP contribution in [-0.2, 0) is 11.4 Å². The molecule has 0 aliphatic rings. The third-order valence-corrected chi connectivity index (χ3v) is 5.22. The summed E-state index contributed by atoms with van der Waals surface area (Å²) in [5.41, 5.74) is 2.26. The van der Waals surface area contributed by atoms with Crippen LogP contribution in [0.4, 0.5) is 0 Å². The fourth-order valence-corrected chi connectivity index (χ4v) is 3.74. The number of nitrogens with zero attached hydrogens (tertiary/aromatic N) is 3. The smallest absolute Gasteiger partial charge is 0.171 e. The van der Waals surface area contributed by atoms with E-state index in [9.17, 15) is 0 Å². The highest BCUT2D eigenvalue weighted by molar-refractivity contribution is 6.37. The van der Waals surface area contributed by atoms with Gasteiger partial charge in [-0.3, -0.25) is 0 Å². The number of benzene rings is 2. The lowest BCUT2D eigenvalue weighted by atomic mass is 10.1. The summed E-state index contributed by atoms with van der Waals surface area (Å²) in [5.74, 6) is 0. The molecule has 0 amide bonds. The second kappa shape index (κ2) is 9.66. The molecule has 0 fully saturated rings. The van der Waals surface area contributed by atoms with Gasteiger partial charge in [0.25, 0.3) is 0 Å². The van der Waals surface area contributed by atoms with Crippen LogP contribution in [0, 0.1) is 0 Å². The molecule has 0 bridgehead atoms. The fourth-order valence-electron chi connectivity index (χ4n) is 2.69. The average Bonchev–Trinajstić information content (AvgIpc) is 3.16. The van der Waals surface area contributed by atoms with Gasteiger partial charge in [-0.1, -0.05) is 70.6 Å². The molecule has 0 radical (unpaired) electrons. The van der Waals surface area contributed by atoms with E-state index in [0.29, 0.717) is 38.8 Å². The maximum Gasteiger partial charge on any atom is 0.171 e. The molecule has 3 aromatic rings. The van der Waals surface area contributed by atoms with Gasteiger partial charge in [-0.05, 0) is 30.7 Å². The lowest BCUT2D eigenvalue weighted by molar-refractivity contribution is 0.0455. The summed E-state index contributed by atoms with van der Waals surface area (Å²) in [7, 11) is 0. The van der Waals surface area contributed by atoms with Crippen molar-refractivity contribution in [3.8, 4) is 0 Å². The second-order valence-electron chi connectivity index (χ2n) is 6.04. The molecule has 8 heteroatoms. The summed E-state index contributed by atoms with van der Waals surface area (Å²) >= 11 is 24.7. The van der Waals surface area contributed by atoms with Crippen molar-refractivity contribution >= 4 is 52.1 Å². The van der Waals surface area contributed by atoms with Gasteiger partial charge in [0.05, 0.1) is 23.6 Å². The molecule has 1 unspecified atom stereocenters. The normalized spacial score (nSPS) is 12.8. The summed E-state index contributed by atoms with van der Waals surface area (Å²) in [6.07, 6.45) is 5.45. The highest BCUT2D eigenvalue weighted by Crippen LogP contribution is 2.30. The number of imidazole rings is 1. The molecule has 1 heterocycles. The maximum atomic E-state index is 6.40. The van der Waals surface area contributed by atoms with E-state index < -0.39 is 6.10 Å². The van der Waals surface area contributed by atoms with Gasteiger partial charge < -0.3 is 9.40 Å². The van der Waals surface area contributed by atoms with Crippen molar-refractivity contribution in [2.45, 2.75) is 26.0 Å². The largest absolute Gasteiger partial charge is 0.385 e. The van der Waals surface area contributed by atoms with E-state index in [4.69, 9.17) is 51.2 Å². The third kappa shape index (κ3) is 5.21. The van der Waals surface area contributed by atoms with Crippen LogP contribution in [0.5, 0.6) is 0 Å². The Morgan fingerprint density at radius 2 is 1.79 bits per heavy atom. The van der Waals surface area contributed by atoms with Crippen LogP contribution >= 0.6 is 46.4 Å². The van der Waals surface area contributed by atoms with Crippen molar-refractivity contribution in [3.05, 3.63) is 86.3 Å². The minimum absolute atomic E-state index is 0.438. The van der Waals surface area contributed by atoms with E-state index in [1.807, 2.05) is 29.8 Å². The Balaban J connectivity index is 1.92. The van der Waals surface area contributed by atoms with Gasteiger partial charge in [-0.2, -0.15) is 0 Å². The summed E-state index contributed by atoms with van der Waals surface area (Å²) in [6.45, 7) is 2.46. The lowest BCUT2D eigenvalue weighted by Crippen LogP contribution is -2.12. The topological polar surface area (TPSA) is 39.4 Å².